The molecule has 9 heteroatoms. The zero-order valence-electron chi connectivity index (χ0n) is 20.9. The molecule has 4 heterocycles. The van der Waals surface area contributed by atoms with Crippen LogP contribution in [0.2, 0.25) is 0 Å². The number of fused-ring (bicyclic) bond motifs is 2. The average molecular weight is 497 g/mol. The van der Waals surface area contributed by atoms with Crippen LogP contribution in [0.15, 0.2) is 48.6 Å². The zero-order valence-corrected chi connectivity index (χ0v) is 20.9. The van der Waals surface area contributed by atoms with Gasteiger partial charge >= 0.3 is 5.97 Å². The lowest BCUT2D eigenvalue weighted by Crippen LogP contribution is -2.59. The summed E-state index contributed by atoms with van der Waals surface area (Å²) in [7, 11) is 1.57. The number of aliphatic hydroxyl groups excluding tert-OH is 1. The minimum Gasteiger partial charge on any atom is -0.497 e. The van der Waals surface area contributed by atoms with Gasteiger partial charge in [-0.3, -0.25) is 14.4 Å². The maximum Gasteiger partial charge on any atom is 0.313 e. The highest BCUT2D eigenvalue weighted by Gasteiger charge is 2.75. The SMILES string of the molecule is COc1ccc(N2CC=C[C@]34O[C@]5(C)C=CCOC(=O)[C@@H]5[C@H]3C(=O)N([C@@H](CO)C(C)C)C4C2=O)cc1. The molecule has 4 aliphatic rings. The van der Waals surface area contributed by atoms with Crippen molar-refractivity contribution in [2.24, 2.45) is 17.8 Å². The van der Waals surface area contributed by atoms with Crippen molar-refractivity contribution in [3.8, 4) is 5.75 Å². The summed E-state index contributed by atoms with van der Waals surface area (Å²) in [5.74, 6) is -2.62. The van der Waals surface area contributed by atoms with Crippen molar-refractivity contribution < 1.29 is 33.7 Å². The van der Waals surface area contributed by atoms with Crippen molar-refractivity contribution >= 4 is 23.5 Å². The van der Waals surface area contributed by atoms with Gasteiger partial charge in [0.15, 0.2) is 0 Å². The van der Waals surface area contributed by atoms with E-state index in [1.165, 1.54) is 4.90 Å². The molecule has 2 fully saturated rings. The van der Waals surface area contributed by atoms with E-state index in [4.69, 9.17) is 14.2 Å². The van der Waals surface area contributed by atoms with Crippen LogP contribution in [-0.2, 0) is 23.9 Å². The Morgan fingerprint density at radius 2 is 1.81 bits per heavy atom. The highest BCUT2D eigenvalue weighted by Crippen LogP contribution is 2.58. The van der Waals surface area contributed by atoms with Gasteiger partial charge in [-0.1, -0.05) is 32.1 Å². The number of methoxy groups -OCH3 is 1. The first kappa shape index (κ1) is 24.5. The third kappa shape index (κ3) is 3.40. The summed E-state index contributed by atoms with van der Waals surface area (Å²) in [6, 6.07) is 5.40. The number of amides is 2. The minimum atomic E-state index is -1.39. The Morgan fingerprint density at radius 1 is 1.08 bits per heavy atom. The molecule has 1 unspecified atom stereocenters. The number of hydrogen-bond donors (Lipinski definition) is 1. The number of benzene rings is 1. The van der Waals surface area contributed by atoms with Gasteiger partial charge in [0.05, 0.1) is 31.3 Å². The summed E-state index contributed by atoms with van der Waals surface area (Å²) in [6.45, 7) is 5.57. The average Bonchev–Trinajstić information content (AvgIpc) is 3.10. The highest BCUT2D eigenvalue weighted by molar-refractivity contribution is 6.05. The second-order valence-electron chi connectivity index (χ2n) is 10.3. The maximum absolute atomic E-state index is 14.3. The molecule has 0 radical (unpaired) electrons. The van der Waals surface area contributed by atoms with Crippen LogP contribution in [0.5, 0.6) is 5.75 Å². The van der Waals surface area contributed by atoms with E-state index >= 15 is 0 Å². The van der Waals surface area contributed by atoms with Crippen molar-refractivity contribution in [1.82, 2.24) is 4.90 Å². The largest absolute Gasteiger partial charge is 0.497 e. The molecule has 1 aromatic carbocycles. The Hall–Kier alpha value is -3.17. The second-order valence-corrected chi connectivity index (χ2v) is 10.3. The van der Waals surface area contributed by atoms with E-state index in [9.17, 15) is 19.5 Å². The molecule has 192 valence electrons. The molecule has 9 nitrogen and oxygen atoms in total. The molecule has 0 aliphatic carbocycles. The van der Waals surface area contributed by atoms with Crippen molar-refractivity contribution in [1.29, 1.82) is 0 Å². The van der Waals surface area contributed by atoms with Crippen molar-refractivity contribution in [2.45, 2.75) is 44.1 Å². The fourth-order valence-corrected chi connectivity index (χ4v) is 6.27. The topological polar surface area (TPSA) is 106 Å². The second kappa shape index (κ2) is 8.74. The molecular weight excluding hydrogens is 464 g/mol. The van der Waals surface area contributed by atoms with Gasteiger partial charge in [-0.15, -0.1) is 0 Å². The molecule has 0 saturated carbocycles. The van der Waals surface area contributed by atoms with Gasteiger partial charge in [0.25, 0.3) is 5.91 Å². The van der Waals surface area contributed by atoms with E-state index in [2.05, 4.69) is 0 Å². The number of nitrogens with zero attached hydrogens (tertiary/aromatic N) is 2. The van der Waals surface area contributed by atoms with E-state index in [1.807, 2.05) is 19.9 Å². The summed E-state index contributed by atoms with van der Waals surface area (Å²) in [4.78, 5) is 44.7. The molecule has 2 amide bonds. The van der Waals surface area contributed by atoms with Crippen LogP contribution in [0.4, 0.5) is 5.69 Å². The van der Waals surface area contributed by atoms with Crippen molar-refractivity contribution in [2.75, 3.05) is 31.8 Å². The molecule has 0 aromatic heterocycles. The van der Waals surface area contributed by atoms with Crippen molar-refractivity contribution in [3.63, 3.8) is 0 Å². The number of aliphatic hydroxyl groups is 1. The summed E-state index contributed by atoms with van der Waals surface area (Å²) in [5.41, 5.74) is -1.87. The number of hydrogen-bond acceptors (Lipinski definition) is 7. The lowest BCUT2D eigenvalue weighted by molar-refractivity contribution is -0.158. The van der Waals surface area contributed by atoms with Crippen LogP contribution >= 0.6 is 0 Å². The number of rotatable bonds is 5. The van der Waals surface area contributed by atoms with Crippen LogP contribution in [0, 0.1) is 17.8 Å². The van der Waals surface area contributed by atoms with E-state index < -0.39 is 41.1 Å². The molecule has 1 N–H and O–H groups in total. The maximum atomic E-state index is 14.3. The molecule has 36 heavy (non-hydrogen) atoms. The number of likely N-dealkylation sites (tertiary alicyclic amines) is 1. The van der Waals surface area contributed by atoms with Crippen LogP contribution in [-0.4, -0.2) is 77.9 Å². The molecule has 1 spiro atoms. The van der Waals surface area contributed by atoms with Gasteiger partial charge in [0.1, 0.15) is 29.9 Å². The van der Waals surface area contributed by atoms with E-state index in [1.54, 1.807) is 61.4 Å². The lowest BCUT2D eigenvalue weighted by Gasteiger charge is -2.41. The third-order valence-corrected chi connectivity index (χ3v) is 7.95. The first-order chi connectivity index (χ1) is 17.2. The molecule has 2 saturated heterocycles. The number of ether oxygens (including phenoxy) is 3. The Bertz CT molecular complexity index is 1130. The van der Waals surface area contributed by atoms with Crippen LogP contribution in [0.3, 0.4) is 0 Å². The summed E-state index contributed by atoms with van der Waals surface area (Å²) >= 11 is 0. The summed E-state index contributed by atoms with van der Waals surface area (Å²) in [5, 5.41) is 10.3. The predicted octanol–water partition coefficient (Wildman–Crippen LogP) is 1.70. The molecular formula is C27H32N2O7. The Morgan fingerprint density at radius 3 is 2.44 bits per heavy atom. The Labute approximate surface area is 210 Å². The molecule has 5 rings (SSSR count). The first-order valence-electron chi connectivity index (χ1n) is 12.3. The van der Waals surface area contributed by atoms with Crippen molar-refractivity contribution in [3.05, 3.63) is 48.6 Å². The number of carbonyl (C=O) groups excluding carboxylic acids is 3. The summed E-state index contributed by atoms with van der Waals surface area (Å²) < 4.78 is 17.3. The predicted molar refractivity (Wildman–Crippen MR) is 130 cm³/mol. The Balaban J connectivity index is 1.67. The first-order valence-corrected chi connectivity index (χ1v) is 12.3. The van der Waals surface area contributed by atoms with Gasteiger partial charge in [-0.2, -0.15) is 0 Å². The number of carbonyl (C=O) groups is 3. The quantitative estimate of drug-likeness (QED) is 0.489. The van der Waals surface area contributed by atoms with Gasteiger partial charge < -0.3 is 29.1 Å². The Kier molecular flexibility index (Phi) is 5.95. The van der Waals surface area contributed by atoms with Crippen LogP contribution in [0.1, 0.15) is 20.8 Å². The van der Waals surface area contributed by atoms with Crippen LogP contribution in [0.25, 0.3) is 0 Å². The van der Waals surface area contributed by atoms with Gasteiger partial charge in [-0.05, 0) is 43.2 Å². The highest BCUT2D eigenvalue weighted by atomic mass is 16.6. The van der Waals surface area contributed by atoms with Gasteiger partial charge in [-0.25, -0.2) is 0 Å². The fraction of sp³-hybridized carbons (Fsp3) is 0.519. The smallest absolute Gasteiger partial charge is 0.313 e. The van der Waals surface area contributed by atoms with Gasteiger partial charge in [0, 0.05) is 12.2 Å². The zero-order chi connectivity index (χ0) is 25.8. The van der Waals surface area contributed by atoms with E-state index in [0.717, 1.165) is 0 Å². The fourth-order valence-electron chi connectivity index (χ4n) is 6.27. The van der Waals surface area contributed by atoms with E-state index in [-0.39, 0.29) is 37.5 Å². The van der Waals surface area contributed by atoms with Crippen LogP contribution < -0.4 is 9.64 Å². The third-order valence-electron chi connectivity index (χ3n) is 7.95. The normalized spacial score (nSPS) is 34.2. The number of cyclic esters (lactones) is 1. The molecule has 0 bridgehead atoms. The molecule has 6 atom stereocenters. The lowest BCUT2D eigenvalue weighted by atomic mass is 9.75. The number of anilines is 1. The molecule has 1 aromatic rings. The number of esters is 1. The summed E-state index contributed by atoms with van der Waals surface area (Å²) in [6.07, 6.45) is 7.07. The van der Waals surface area contributed by atoms with E-state index in [0.29, 0.717) is 11.4 Å². The minimum absolute atomic E-state index is 0.0978. The molecule has 4 aliphatic heterocycles. The monoisotopic (exact) mass is 496 g/mol. The standard InChI is InChI=1S/C27H32N2O7/c1-16(2)19(15-30)29-22-24(32)28(17-7-9-18(34-4)10-8-17)13-5-12-27(22)20(23(29)31)21-25(33)35-14-6-11-26(21,3)36-27/h5-12,16,19-22,30H,13-15H2,1-4H3/t19-,20-,21-,22?,26+,27-/m0/s1. The van der Waals surface area contributed by atoms with Gasteiger partial charge in [0.2, 0.25) is 5.91 Å².